The van der Waals surface area contributed by atoms with E-state index in [1.165, 1.54) is 12.1 Å². The molecular weight excluding hydrogens is 462 g/mol. The third kappa shape index (κ3) is 4.91. The highest BCUT2D eigenvalue weighted by Gasteiger charge is 2.24. The SMILES string of the molecule is Cc1cccc(CNC(=O)N2CCN(c3nc(N)nc4ccc(-c5ccc(F)cc5F)cc34)CC2)c1. The molecule has 1 fully saturated rings. The predicted octanol–water partition coefficient (Wildman–Crippen LogP) is 4.50. The first-order valence-corrected chi connectivity index (χ1v) is 11.7. The number of aryl methyl sites for hydroxylation is 1. The van der Waals surface area contributed by atoms with E-state index in [4.69, 9.17) is 5.73 Å². The van der Waals surface area contributed by atoms with Crippen LogP contribution in [0.3, 0.4) is 0 Å². The fourth-order valence-corrected chi connectivity index (χ4v) is 4.49. The number of anilines is 2. The zero-order valence-electron chi connectivity index (χ0n) is 19.8. The largest absolute Gasteiger partial charge is 0.368 e. The molecule has 0 aliphatic carbocycles. The Morgan fingerprint density at radius 3 is 2.56 bits per heavy atom. The Kier molecular flexibility index (Phi) is 6.37. The van der Waals surface area contributed by atoms with Crippen molar-refractivity contribution in [3.05, 3.63) is 83.4 Å². The van der Waals surface area contributed by atoms with Crippen LogP contribution in [0.4, 0.5) is 25.3 Å². The van der Waals surface area contributed by atoms with Gasteiger partial charge in [0.15, 0.2) is 0 Å². The van der Waals surface area contributed by atoms with Crippen molar-refractivity contribution < 1.29 is 13.6 Å². The van der Waals surface area contributed by atoms with Crippen LogP contribution in [-0.2, 0) is 6.54 Å². The van der Waals surface area contributed by atoms with E-state index in [1.54, 1.807) is 23.1 Å². The molecule has 0 unspecified atom stereocenters. The van der Waals surface area contributed by atoms with Gasteiger partial charge in [0.2, 0.25) is 5.95 Å². The number of hydrogen-bond acceptors (Lipinski definition) is 5. The van der Waals surface area contributed by atoms with Gasteiger partial charge in [-0.1, -0.05) is 35.9 Å². The van der Waals surface area contributed by atoms with Gasteiger partial charge in [0.1, 0.15) is 17.5 Å². The van der Waals surface area contributed by atoms with Crippen LogP contribution in [0.1, 0.15) is 11.1 Å². The minimum Gasteiger partial charge on any atom is -0.368 e. The van der Waals surface area contributed by atoms with Gasteiger partial charge in [0.05, 0.1) is 5.52 Å². The third-order valence-corrected chi connectivity index (χ3v) is 6.33. The number of nitrogen functional groups attached to an aromatic ring is 1. The summed E-state index contributed by atoms with van der Waals surface area (Å²) in [5.41, 5.74) is 9.68. The lowest BCUT2D eigenvalue weighted by molar-refractivity contribution is 0.194. The maximum Gasteiger partial charge on any atom is 0.317 e. The first kappa shape index (κ1) is 23.5. The highest BCUT2D eigenvalue weighted by molar-refractivity contribution is 5.94. The van der Waals surface area contributed by atoms with E-state index in [-0.39, 0.29) is 17.5 Å². The van der Waals surface area contributed by atoms with Crippen LogP contribution < -0.4 is 16.0 Å². The lowest BCUT2D eigenvalue weighted by Gasteiger charge is -2.35. The molecule has 36 heavy (non-hydrogen) atoms. The number of rotatable bonds is 4. The second-order valence-corrected chi connectivity index (χ2v) is 8.88. The fraction of sp³-hybridized carbons (Fsp3) is 0.222. The summed E-state index contributed by atoms with van der Waals surface area (Å²) in [6, 6.07) is 16.7. The zero-order valence-corrected chi connectivity index (χ0v) is 19.8. The molecule has 7 nitrogen and oxygen atoms in total. The van der Waals surface area contributed by atoms with Gasteiger partial charge in [-0.15, -0.1) is 0 Å². The van der Waals surface area contributed by atoms with Crippen LogP contribution in [0.15, 0.2) is 60.7 Å². The highest BCUT2D eigenvalue weighted by Crippen LogP contribution is 2.31. The van der Waals surface area contributed by atoms with Gasteiger partial charge in [0.25, 0.3) is 0 Å². The summed E-state index contributed by atoms with van der Waals surface area (Å²) < 4.78 is 27.8. The van der Waals surface area contributed by atoms with Gasteiger partial charge < -0.3 is 20.9 Å². The minimum absolute atomic E-state index is 0.114. The van der Waals surface area contributed by atoms with Crippen molar-refractivity contribution in [3.63, 3.8) is 0 Å². The molecule has 0 atom stereocenters. The summed E-state index contributed by atoms with van der Waals surface area (Å²) >= 11 is 0. The summed E-state index contributed by atoms with van der Waals surface area (Å²) in [5.74, 6) is -0.509. The standard InChI is InChI=1S/C27H26F2N6O/c1-17-3-2-4-18(13-17)16-31-27(36)35-11-9-34(10-12-35)25-22-14-19(5-8-24(22)32-26(30)33-25)21-7-6-20(28)15-23(21)29/h2-8,13-15H,9-12,16H2,1H3,(H,31,36)(H2,30,32,33). The molecule has 1 aliphatic rings. The van der Waals surface area contributed by atoms with E-state index >= 15 is 0 Å². The number of aromatic nitrogens is 2. The number of fused-ring (bicyclic) bond motifs is 1. The summed E-state index contributed by atoms with van der Waals surface area (Å²) in [6.07, 6.45) is 0. The molecule has 184 valence electrons. The molecule has 3 N–H and O–H groups in total. The van der Waals surface area contributed by atoms with E-state index < -0.39 is 11.6 Å². The molecular formula is C27H26F2N6O. The van der Waals surface area contributed by atoms with E-state index in [2.05, 4.69) is 26.3 Å². The number of carbonyl (C=O) groups is 1. The van der Waals surface area contributed by atoms with Crippen molar-refractivity contribution in [2.24, 2.45) is 0 Å². The molecule has 4 aromatic rings. The number of carbonyl (C=O) groups excluding carboxylic acids is 1. The van der Waals surface area contributed by atoms with Crippen LogP contribution in [0.2, 0.25) is 0 Å². The Morgan fingerprint density at radius 1 is 1.00 bits per heavy atom. The average molecular weight is 489 g/mol. The number of halogens is 2. The van der Waals surface area contributed by atoms with Crippen LogP contribution in [0.25, 0.3) is 22.0 Å². The van der Waals surface area contributed by atoms with E-state index in [0.29, 0.717) is 55.0 Å². The fourth-order valence-electron chi connectivity index (χ4n) is 4.49. The predicted molar refractivity (Wildman–Crippen MR) is 137 cm³/mol. The van der Waals surface area contributed by atoms with E-state index in [0.717, 1.165) is 17.2 Å². The summed E-state index contributed by atoms with van der Waals surface area (Å²) in [6.45, 7) is 4.62. The minimum atomic E-state index is -0.641. The van der Waals surface area contributed by atoms with E-state index in [9.17, 15) is 13.6 Å². The summed E-state index contributed by atoms with van der Waals surface area (Å²) in [7, 11) is 0. The van der Waals surface area contributed by atoms with Gasteiger partial charge in [-0.2, -0.15) is 4.98 Å². The topological polar surface area (TPSA) is 87.4 Å². The molecule has 1 aromatic heterocycles. The molecule has 9 heteroatoms. The number of urea groups is 1. The molecule has 2 amide bonds. The van der Waals surface area contributed by atoms with Gasteiger partial charge in [-0.05, 0) is 42.3 Å². The molecule has 0 radical (unpaired) electrons. The zero-order chi connectivity index (χ0) is 25.2. The molecule has 0 bridgehead atoms. The summed E-state index contributed by atoms with van der Waals surface area (Å²) in [5, 5.41) is 3.70. The Hall–Kier alpha value is -4.27. The maximum absolute atomic E-state index is 14.4. The molecule has 3 aromatic carbocycles. The Morgan fingerprint density at radius 2 is 1.81 bits per heavy atom. The number of amides is 2. The van der Waals surface area contributed by atoms with Crippen LogP contribution in [-0.4, -0.2) is 47.1 Å². The maximum atomic E-state index is 14.4. The highest BCUT2D eigenvalue weighted by atomic mass is 19.1. The van der Waals surface area contributed by atoms with Gasteiger partial charge in [-0.25, -0.2) is 18.6 Å². The second-order valence-electron chi connectivity index (χ2n) is 8.88. The lowest BCUT2D eigenvalue weighted by Crippen LogP contribution is -2.52. The Labute approximate surface area is 207 Å². The smallest absolute Gasteiger partial charge is 0.317 e. The van der Waals surface area contributed by atoms with Crippen molar-refractivity contribution in [2.75, 3.05) is 36.8 Å². The van der Waals surface area contributed by atoms with Crippen molar-refractivity contribution in [1.29, 1.82) is 0 Å². The second kappa shape index (κ2) is 9.77. The first-order chi connectivity index (χ1) is 17.4. The Balaban J connectivity index is 1.33. The number of piperazine rings is 1. The first-order valence-electron chi connectivity index (χ1n) is 11.7. The van der Waals surface area contributed by atoms with Crippen molar-refractivity contribution in [3.8, 4) is 11.1 Å². The normalized spacial score (nSPS) is 13.8. The van der Waals surface area contributed by atoms with Crippen LogP contribution >= 0.6 is 0 Å². The van der Waals surface area contributed by atoms with Gasteiger partial charge in [-0.3, -0.25) is 0 Å². The van der Waals surface area contributed by atoms with Crippen molar-refractivity contribution in [2.45, 2.75) is 13.5 Å². The van der Waals surface area contributed by atoms with Crippen molar-refractivity contribution in [1.82, 2.24) is 20.2 Å². The van der Waals surface area contributed by atoms with Crippen LogP contribution in [0, 0.1) is 18.6 Å². The molecule has 1 aliphatic heterocycles. The summed E-state index contributed by atoms with van der Waals surface area (Å²) in [4.78, 5) is 25.3. The number of nitrogens with two attached hydrogens (primary N) is 1. The number of hydrogen-bond donors (Lipinski definition) is 2. The van der Waals surface area contributed by atoms with E-state index in [1.807, 2.05) is 25.1 Å². The van der Waals surface area contributed by atoms with Crippen molar-refractivity contribution >= 4 is 28.7 Å². The molecule has 2 heterocycles. The number of nitrogens with zero attached hydrogens (tertiary/aromatic N) is 4. The lowest BCUT2D eigenvalue weighted by atomic mass is 10.0. The monoisotopic (exact) mass is 488 g/mol. The number of benzene rings is 3. The van der Waals surface area contributed by atoms with Crippen LogP contribution in [0.5, 0.6) is 0 Å². The number of nitrogens with one attached hydrogen (secondary N) is 1. The molecule has 0 spiro atoms. The molecule has 5 rings (SSSR count). The van der Waals surface area contributed by atoms with Gasteiger partial charge in [0, 0.05) is 49.7 Å². The Bertz CT molecular complexity index is 1440. The quantitative estimate of drug-likeness (QED) is 0.442. The third-order valence-electron chi connectivity index (χ3n) is 6.33. The van der Waals surface area contributed by atoms with Gasteiger partial charge >= 0.3 is 6.03 Å². The average Bonchev–Trinajstić information content (AvgIpc) is 2.87. The molecule has 0 saturated carbocycles. The molecule has 1 saturated heterocycles.